The van der Waals surface area contributed by atoms with E-state index in [0.29, 0.717) is 30.3 Å². The number of hydrogen-bond donors (Lipinski definition) is 0. The number of esters is 1. The van der Waals surface area contributed by atoms with Crippen LogP contribution in [-0.4, -0.2) is 48.4 Å². The molecule has 0 radical (unpaired) electrons. The molecule has 0 unspecified atom stereocenters. The SMILES string of the molecule is COC(=O)[C@H](C)N1C(=O)S/C(=C/c2ccc3c(c2)OCCO3)C1=O. The van der Waals surface area contributed by atoms with E-state index in [0.717, 1.165) is 16.7 Å². The second-order valence-corrected chi connectivity index (χ2v) is 6.15. The Labute approximate surface area is 142 Å². The van der Waals surface area contributed by atoms with Gasteiger partial charge in [-0.3, -0.25) is 14.5 Å². The minimum absolute atomic E-state index is 0.243. The molecule has 2 amide bonds. The monoisotopic (exact) mass is 349 g/mol. The van der Waals surface area contributed by atoms with Crippen molar-refractivity contribution in [1.29, 1.82) is 0 Å². The van der Waals surface area contributed by atoms with Crippen molar-refractivity contribution in [3.05, 3.63) is 28.7 Å². The Morgan fingerprint density at radius 1 is 1.29 bits per heavy atom. The maximum absolute atomic E-state index is 12.4. The largest absolute Gasteiger partial charge is 0.486 e. The smallest absolute Gasteiger partial charge is 0.328 e. The fourth-order valence-corrected chi connectivity index (χ4v) is 3.30. The van der Waals surface area contributed by atoms with E-state index in [1.165, 1.54) is 14.0 Å². The fourth-order valence-electron chi connectivity index (χ4n) is 2.39. The summed E-state index contributed by atoms with van der Waals surface area (Å²) in [6, 6.07) is 4.30. The standard InChI is InChI=1S/C16H15NO6S/c1-9(15(19)21-2)17-14(18)13(24-16(17)20)8-10-3-4-11-12(7-10)23-6-5-22-11/h3-4,7-9H,5-6H2,1-2H3/b13-8+/t9-/m0/s1. The number of nitrogens with zero attached hydrogens (tertiary/aromatic N) is 1. The molecule has 0 aromatic heterocycles. The molecule has 7 nitrogen and oxygen atoms in total. The fraction of sp³-hybridized carbons (Fsp3) is 0.312. The van der Waals surface area contributed by atoms with Crippen molar-refractivity contribution in [1.82, 2.24) is 4.90 Å². The van der Waals surface area contributed by atoms with Crippen LogP contribution in [0.1, 0.15) is 12.5 Å². The number of ether oxygens (including phenoxy) is 3. The summed E-state index contributed by atoms with van der Waals surface area (Å²) < 4.78 is 15.5. The van der Waals surface area contributed by atoms with E-state index in [4.69, 9.17) is 9.47 Å². The van der Waals surface area contributed by atoms with Crippen LogP contribution in [0.25, 0.3) is 6.08 Å². The van der Waals surface area contributed by atoms with Crippen LogP contribution in [0.4, 0.5) is 4.79 Å². The molecule has 1 aromatic carbocycles. The highest BCUT2D eigenvalue weighted by Gasteiger charge is 2.41. The molecule has 3 rings (SSSR count). The number of carbonyl (C=O) groups excluding carboxylic acids is 3. The summed E-state index contributed by atoms with van der Waals surface area (Å²) >= 11 is 0.789. The molecule has 2 heterocycles. The number of hydrogen-bond acceptors (Lipinski definition) is 7. The Balaban J connectivity index is 1.85. The number of imide groups is 1. The Bertz CT molecular complexity index is 744. The first kappa shape index (κ1) is 16.4. The normalized spacial score (nSPS) is 19.6. The first-order chi connectivity index (χ1) is 11.5. The van der Waals surface area contributed by atoms with Crippen molar-refractivity contribution in [3.8, 4) is 11.5 Å². The number of fused-ring (bicyclic) bond motifs is 1. The number of amides is 2. The predicted molar refractivity (Wildman–Crippen MR) is 86.7 cm³/mol. The molecule has 8 heteroatoms. The maximum Gasteiger partial charge on any atom is 0.328 e. The van der Waals surface area contributed by atoms with Gasteiger partial charge in [0.05, 0.1) is 12.0 Å². The van der Waals surface area contributed by atoms with Gasteiger partial charge < -0.3 is 14.2 Å². The van der Waals surface area contributed by atoms with E-state index in [1.54, 1.807) is 24.3 Å². The van der Waals surface area contributed by atoms with Gasteiger partial charge in [-0.2, -0.15) is 0 Å². The number of methoxy groups -OCH3 is 1. The lowest BCUT2D eigenvalue weighted by Gasteiger charge is -2.19. The zero-order valence-electron chi connectivity index (χ0n) is 13.1. The molecule has 2 aliphatic rings. The summed E-state index contributed by atoms with van der Waals surface area (Å²) in [6.45, 7) is 2.41. The third kappa shape index (κ3) is 2.96. The van der Waals surface area contributed by atoms with Crippen LogP contribution in [0.15, 0.2) is 23.1 Å². The summed E-state index contributed by atoms with van der Waals surface area (Å²) in [5.41, 5.74) is 0.704. The Morgan fingerprint density at radius 2 is 2.00 bits per heavy atom. The molecule has 1 aromatic rings. The Morgan fingerprint density at radius 3 is 2.71 bits per heavy atom. The van der Waals surface area contributed by atoms with Gasteiger partial charge in [0.15, 0.2) is 11.5 Å². The molecular formula is C16H15NO6S. The van der Waals surface area contributed by atoms with E-state index in [2.05, 4.69) is 4.74 Å². The van der Waals surface area contributed by atoms with E-state index in [-0.39, 0.29) is 4.91 Å². The van der Waals surface area contributed by atoms with Gasteiger partial charge in [-0.15, -0.1) is 0 Å². The third-order valence-corrected chi connectivity index (χ3v) is 4.50. The van der Waals surface area contributed by atoms with Crippen molar-refractivity contribution in [3.63, 3.8) is 0 Å². The number of thioether (sulfide) groups is 1. The van der Waals surface area contributed by atoms with Gasteiger partial charge in [0.1, 0.15) is 19.3 Å². The van der Waals surface area contributed by atoms with Crippen molar-refractivity contribution >= 4 is 35.0 Å². The van der Waals surface area contributed by atoms with Gasteiger partial charge in [0.25, 0.3) is 11.1 Å². The average Bonchev–Trinajstić information content (AvgIpc) is 2.87. The molecule has 2 aliphatic heterocycles. The van der Waals surface area contributed by atoms with Gasteiger partial charge >= 0.3 is 5.97 Å². The maximum atomic E-state index is 12.4. The van der Waals surface area contributed by atoms with Crippen molar-refractivity contribution in [2.24, 2.45) is 0 Å². The van der Waals surface area contributed by atoms with Gasteiger partial charge in [-0.1, -0.05) is 6.07 Å². The molecule has 1 saturated heterocycles. The lowest BCUT2D eigenvalue weighted by atomic mass is 10.1. The van der Waals surface area contributed by atoms with Crippen molar-refractivity contribution in [2.45, 2.75) is 13.0 Å². The van der Waals surface area contributed by atoms with Gasteiger partial charge in [-0.05, 0) is 42.5 Å². The Hall–Kier alpha value is -2.48. The second kappa shape index (κ2) is 6.56. The highest BCUT2D eigenvalue weighted by atomic mass is 32.2. The lowest BCUT2D eigenvalue weighted by Crippen LogP contribution is -2.42. The molecule has 24 heavy (non-hydrogen) atoms. The number of carbonyl (C=O) groups is 3. The predicted octanol–water partition coefficient (Wildman–Crippen LogP) is 2.06. The minimum atomic E-state index is -0.964. The quantitative estimate of drug-likeness (QED) is 0.610. The first-order valence-corrected chi connectivity index (χ1v) is 8.07. The van der Waals surface area contributed by atoms with E-state index in [9.17, 15) is 14.4 Å². The molecule has 1 atom stereocenters. The highest BCUT2D eigenvalue weighted by Crippen LogP contribution is 2.36. The number of rotatable bonds is 3. The average molecular weight is 349 g/mol. The third-order valence-electron chi connectivity index (χ3n) is 3.62. The van der Waals surface area contributed by atoms with Crippen LogP contribution in [0, 0.1) is 0 Å². The summed E-state index contributed by atoms with van der Waals surface area (Å²) in [6.07, 6.45) is 1.59. The lowest BCUT2D eigenvalue weighted by molar-refractivity contribution is -0.148. The molecule has 0 bridgehead atoms. The van der Waals surface area contributed by atoms with Crippen molar-refractivity contribution in [2.75, 3.05) is 20.3 Å². The molecule has 0 spiro atoms. The first-order valence-electron chi connectivity index (χ1n) is 7.26. The van der Waals surface area contributed by atoms with Gasteiger partial charge in [0, 0.05) is 0 Å². The molecule has 0 aliphatic carbocycles. The van der Waals surface area contributed by atoms with Crippen molar-refractivity contribution < 1.29 is 28.6 Å². The summed E-state index contributed by atoms with van der Waals surface area (Å²) in [5, 5.41) is -0.498. The zero-order chi connectivity index (χ0) is 17.3. The summed E-state index contributed by atoms with van der Waals surface area (Å²) in [5.74, 6) is 0.0821. The molecule has 0 N–H and O–H groups in total. The van der Waals surface area contributed by atoms with Crippen LogP contribution < -0.4 is 9.47 Å². The van der Waals surface area contributed by atoms with E-state index < -0.39 is 23.2 Å². The molecule has 1 fully saturated rings. The van der Waals surface area contributed by atoms with Crippen LogP contribution in [0.3, 0.4) is 0 Å². The van der Waals surface area contributed by atoms with Crippen LogP contribution in [-0.2, 0) is 14.3 Å². The molecule has 0 saturated carbocycles. The van der Waals surface area contributed by atoms with Gasteiger partial charge in [-0.25, -0.2) is 4.79 Å². The molecular weight excluding hydrogens is 334 g/mol. The van der Waals surface area contributed by atoms with Crippen LogP contribution in [0.5, 0.6) is 11.5 Å². The second-order valence-electron chi connectivity index (χ2n) is 5.15. The number of benzene rings is 1. The van der Waals surface area contributed by atoms with E-state index >= 15 is 0 Å². The summed E-state index contributed by atoms with van der Waals surface area (Å²) in [4.78, 5) is 37.2. The summed E-state index contributed by atoms with van der Waals surface area (Å²) in [7, 11) is 1.21. The topological polar surface area (TPSA) is 82.1 Å². The molecule has 126 valence electrons. The minimum Gasteiger partial charge on any atom is -0.486 e. The zero-order valence-corrected chi connectivity index (χ0v) is 13.9. The van der Waals surface area contributed by atoms with E-state index in [1.807, 2.05) is 0 Å². The van der Waals surface area contributed by atoms with Crippen LogP contribution in [0.2, 0.25) is 0 Å². The Kier molecular flexibility index (Phi) is 4.48. The van der Waals surface area contributed by atoms with Crippen LogP contribution >= 0.6 is 11.8 Å². The van der Waals surface area contributed by atoms with Gasteiger partial charge in [0.2, 0.25) is 0 Å². The highest BCUT2D eigenvalue weighted by molar-refractivity contribution is 8.18.